The van der Waals surface area contributed by atoms with E-state index in [4.69, 9.17) is 9.84 Å². The fourth-order valence-corrected chi connectivity index (χ4v) is 1.80. The minimum absolute atomic E-state index is 0.0430. The number of rotatable bonds is 6. The Morgan fingerprint density at radius 1 is 1.40 bits per heavy atom. The number of halogens is 3. The Bertz CT molecular complexity index is 474. The van der Waals surface area contributed by atoms with Gasteiger partial charge in [0.1, 0.15) is 0 Å². The third kappa shape index (κ3) is 4.12. The summed E-state index contributed by atoms with van der Waals surface area (Å²) in [5, 5.41) is 8.78. The maximum absolute atomic E-state index is 13.0. The van der Waals surface area contributed by atoms with Crippen molar-refractivity contribution < 1.29 is 27.8 Å². The summed E-state index contributed by atoms with van der Waals surface area (Å²) >= 11 is 0. The lowest BCUT2D eigenvalue weighted by molar-refractivity contribution is -0.137. The van der Waals surface area contributed by atoms with E-state index in [2.05, 4.69) is 0 Å². The second-order valence-corrected chi connectivity index (χ2v) is 4.30. The van der Waals surface area contributed by atoms with Crippen molar-refractivity contribution in [3.8, 4) is 0 Å². The zero-order chi connectivity index (χ0) is 15.3. The Morgan fingerprint density at radius 3 is 2.55 bits per heavy atom. The predicted molar refractivity (Wildman–Crippen MR) is 68.2 cm³/mol. The van der Waals surface area contributed by atoms with Crippen LogP contribution < -0.4 is 4.90 Å². The van der Waals surface area contributed by atoms with Gasteiger partial charge < -0.3 is 14.7 Å². The van der Waals surface area contributed by atoms with Gasteiger partial charge in [-0.1, -0.05) is 0 Å². The van der Waals surface area contributed by atoms with E-state index in [0.717, 1.165) is 0 Å². The average molecular weight is 291 g/mol. The first-order valence-corrected chi connectivity index (χ1v) is 5.92. The lowest BCUT2D eigenvalue weighted by Crippen LogP contribution is -2.23. The van der Waals surface area contributed by atoms with Gasteiger partial charge in [0.15, 0.2) is 0 Å². The van der Waals surface area contributed by atoms with Crippen LogP contribution in [-0.4, -0.2) is 38.4 Å². The SMILES string of the molecule is COCCCN(C)c1ccc(C(=O)O)cc1C(F)(F)F. The molecular weight excluding hydrogens is 275 g/mol. The van der Waals surface area contributed by atoms with Gasteiger partial charge in [-0.2, -0.15) is 13.2 Å². The highest BCUT2D eigenvalue weighted by atomic mass is 19.4. The molecule has 0 saturated carbocycles. The number of anilines is 1. The van der Waals surface area contributed by atoms with E-state index in [-0.39, 0.29) is 11.3 Å². The average Bonchev–Trinajstić information content (AvgIpc) is 2.37. The molecule has 0 aliphatic carbocycles. The molecule has 0 amide bonds. The topological polar surface area (TPSA) is 49.8 Å². The first-order chi connectivity index (χ1) is 9.27. The molecule has 0 fully saturated rings. The second-order valence-electron chi connectivity index (χ2n) is 4.30. The van der Waals surface area contributed by atoms with Crippen molar-refractivity contribution >= 4 is 11.7 Å². The first kappa shape index (κ1) is 16.3. The van der Waals surface area contributed by atoms with Crippen LogP contribution >= 0.6 is 0 Å². The van der Waals surface area contributed by atoms with Crippen LogP contribution in [0.2, 0.25) is 0 Å². The van der Waals surface area contributed by atoms with Crippen LogP contribution in [0.1, 0.15) is 22.3 Å². The number of hydrogen-bond acceptors (Lipinski definition) is 3. The van der Waals surface area contributed by atoms with Crippen molar-refractivity contribution in [3.05, 3.63) is 29.3 Å². The highest BCUT2D eigenvalue weighted by Crippen LogP contribution is 2.37. The van der Waals surface area contributed by atoms with E-state index >= 15 is 0 Å². The number of carboxylic acid groups (broad SMARTS) is 1. The molecule has 0 heterocycles. The number of aromatic carboxylic acids is 1. The number of carboxylic acids is 1. The molecule has 4 nitrogen and oxygen atoms in total. The van der Waals surface area contributed by atoms with E-state index < -0.39 is 17.7 Å². The molecule has 0 aromatic heterocycles. The Hall–Kier alpha value is -1.76. The zero-order valence-electron chi connectivity index (χ0n) is 11.2. The molecule has 1 aromatic rings. The molecule has 0 atom stereocenters. The van der Waals surface area contributed by atoms with E-state index in [0.29, 0.717) is 25.6 Å². The molecule has 1 aromatic carbocycles. The maximum Gasteiger partial charge on any atom is 0.418 e. The van der Waals surface area contributed by atoms with Gasteiger partial charge in [0, 0.05) is 33.0 Å². The predicted octanol–water partition coefficient (Wildman–Crippen LogP) is 2.88. The molecule has 0 radical (unpaired) electrons. The van der Waals surface area contributed by atoms with Crippen LogP contribution in [0.3, 0.4) is 0 Å². The third-order valence-corrected chi connectivity index (χ3v) is 2.80. The van der Waals surface area contributed by atoms with Crippen LogP contribution in [0.15, 0.2) is 18.2 Å². The number of hydrogen-bond donors (Lipinski definition) is 1. The molecule has 0 aliphatic heterocycles. The van der Waals surface area contributed by atoms with E-state index in [9.17, 15) is 18.0 Å². The summed E-state index contributed by atoms with van der Waals surface area (Å²) in [5.41, 5.74) is -1.37. The Labute approximate surface area is 114 Å². The van der Waals surface area contributed by atoms with Gasteiger partial charge in [0.2, 0.25) is 0 Å². The molecule has 1 N–H and O–H groups in total. The summed E-state index contributed by atoms with van der Waals surface area (Å²) in [7, 11) is 3.05. The molecule has 7 heteroatoms. The van der Waals surface area contributed by atoms with Crippen molar-refractivity contribution in [2.45, 2.75) is 12.6 Å². The number of carbonyl (C=O) groups is 1. The third-order valence-electron chi connectivity index (χ3n) is 2.80. The Balaban J connectivity index is 3.08. The summed E-state index contributed by atoms with van der Waals surface area (Å²) in [6.07, 6.45) is -4.03. The molecule has 20 heavy (non-hydrogen) atoms. The monoisotopic (exact) mass is 291 g/mol. The second kappa shape index (κ2) is 6.60. The molecule has 0 spiro atoms. The number of ether oxygens (including phenoxy) is 1. The van der Waals surface area contributed by atoms with E-state index in [1.807, 2.05) is 0 Å². The van der Waals surface area contributed by atoms with Crippen LogP contribution in [-0.2, 0) is 10.9 Å². The largest absolute Gasteiger partial charge is 0.478 e. The number of benzene rings is 1. The van der Waals surface area contributed by atoms with Crippen LogP contribution in [0, 0.1) is 0 Å². The van der Waals surface area contributed by atoms with Crippen LogP contribution in [0.25, 0.3) is 0 Å². The maximum atomic E-state index is 13.0. The summed E-state index contributed by atoms with van der Waals surface area (Å²) in [5.74, 6) is -1.39. The lowest BCUT2D eigenvalue weighted by Gasteiger charge is -2.23. The summed E-state index contributed by atoms with van der Waals surface area (Å²) in [4.78, 5) is 12.2. The normalized spacial score (nSPS) is 11.4. The molecule has 0 aliphatic rings. The highest BCUT2D eigenvalue weighted by Gasteiger charge is 2.35. The van der Waals surface area contributed by atoms with Gasteiger partial charge >= 0.3 is 12.1 Å². The Morgan fingerprint density at radius 2 is 2.05 bits per heavy atom. The first-order valence-electron chi connectivity index (χ1n) is 5.92. The molecule has 112 valence electrons. The van der Waals surface area contributed by atoms with Gasteiger partial charge in [-0.3, -0.25) is 0 Å². The van der Waals surface area contributed by atoms with Gasteiger partial charge in [0.25, 0.3) is 0 Å². The smallest absolute Gasteiger partial charge is 0.418 e. The minimum atomic E-state index is -4.60. The quantitative estimate of drug-likeness (QED) is 0.819. The molecule has 0 bridgehead atoms. The van der Waals surface area contributed by atoms with Crippen molar-refractivity contribution in [1.82, 2.24) is 0 Å². The van der Waals surface area contributed by atoms with Gasteiger partial charge in [-0.25, -0.2) is 4.79 Å². The standard InChI is InChI=1S/C13H16F3NO3/c1-17(6-3-7-20-2)11-5-4-9(12(18)19)8-10(11)13(14,15)16/h4-5,8H,3,6-7H2,1-2H3,(H,18,19). The van der Waals surface area contributed by atoms with Crippen LogP contribution in [0.4, 0.5) is 18.9 Å². The van der Waals surface area contributed by atoms with Crippen molar-refractivity contribution in [2.75, 3.05) is 32.2 Å². The van der Waals surface area contributed by atoms with Gasteiger partial charge in [0.05, 0.1) is 11.1 Å². The molecule has 1 rings (SSSR count). The van der Waals surface area contributed by atoms with Gasteiger partial charge in [-0.15, -0.1) is 0 Å². The van der Waals surface area contributed by atoms with E-state index in [1.54, 1.807) is 0 Å². The van der Waals surface area contributed by atoms with E-state index in [1.165, 1.54) is 31.2 Å². The summed E-state index contributed by atoms with van der Waals surface area (Å²) < 4.78 is 43.8. The highest BCUT2D eigenvalue weighted by molar-refractivity contribution is 5.88. The summed E-state index contributed by atoms with van der Waals surface area (Å²) in [6.45, 7) is 0.822. The fraction of sp³-hybridized carbons (Fsp3) is 0.462. The summed E-state index contributed by atoms with van der Waals surface area (Å²) in [6, 6.07) is 3.00. The number of nitrogens with zero attached hydrogens (tertiary/aromatic N) is 1. The zero-order valence-corrected chi connectivity index (χ0v) is 11.2. The van der Waals surface area contributed by atoms with Crippen LogP contribution in [0.5, 0.6) is 0 Å². The van der Waals surface area contributed by atoms with Crippen molar-refractivity contribution in [1.29, 1.82) is 0 Å². The molecule has 0 unspecified atom stereocenters. The van der Waals surface area contributed by atoms with Crippen molar-refractivity contribution in [3.63, 3.8) is 0 Å². The lowest BCUT2D eigenvalue weighted by atomic mass is 10.1. The fourth-order valence-electron chi connectivity index (χ4n) is 1.80. The number of alkyl halides is 3. The Kier molecular flexibility index (Phi) is 5.38. The minimum Gasteiger partial charge on any atom is -0.478 e. The molecule has 0 saturated heterocycles. The van der Waals surface area contributed by atoms with Crippen molar-refractivity contribution in [2.24, 2.45) is 0 Å². The number of methoxy groups -OCH3 is 1. The van der Waals surface area contributed by atoms with Gasteiger partial charge in [-0.05, 0) is 24.6 Å². The molecular formula is C13H16F3NO3.